The molecule has 0 atom stereocenters. The summed E-state index contributed by atoms with van der Waals surface area (Å²) in [6, 6.07) is 10.7. The fraction of sp³-hybridized carbons (Fsp3) is 0.318. The fourth-order valence-electron chi connectivity index (χ4n) is 2.49. The monoisotopic (exact) mass is 370 g/mol. The highest BCUT2D eigenvalue weighted by Gasteiger charge is 2.09. The molecule has 0 saturated carbocycles. The van der Waals surface area contributed by atoms with E-state index >= 15 is 0 Å². The Balaban J connectivity index is 2.13. The van der Waals surface area contributed by atoms with Crippen LogP contribution in [-0.2, 0) is 0 Å². The minimum absolute atomic E-state index is 0.127. The lowest BCUT2D eigenvalue weighted by atomic mass is 10.1. The maximum Gasteiger partial charge on any atom is 0.185 e. The molecule has 0 aliphatic carbocycles. The number of rotatable bonds is 10. The van der Waals surface area contributed by atoms with E-state index in [9.17, 15) is 4.79 Å². The molecule has 0 heterocycles. The second-order valence-electron chi connectivity index (χ2n) is 5.88. The number of methoxy groups -OCH3 is 3. The van der Waals surface area contributed by atoms with Gasteiger partial charge in [-0.1, -0.05) is 25.5 Å². The van der Waals surface area contributed by atoms with Gasteiger partial charge in [0.2, 0.25) is 0 Å². The molecule has 5 heteroatoms. The molecule has 27 heavy (non-hydrogen) atoms. The molecular formula is C22H26O5. The van der Waals surface area contributed by atoms with Crippen molar-refractivity contribution >= 4 is 11.9 Å². The van der Waals surface area contributed by atoms with Crippen LogP contribution >= 0.6 is 0 Å². The summed E-state index contributed by atoms with van der Waals surface area (Å²) in [7, 11) is 4.70. The number of benzene rings is 2. The lowest BCUT2D eigenvalue weighted by Crippen LogP contribution is -1.99. The fourth-order valence-corrected chi connectivity index (χ4v) is 2.49. The molecule has 0 saturated heterocycles. The van der Waals surface area contributed by atoms with Gasteiger partial charge in [-0.2, -0.15) is 0 Å². The van der Waals surface area contributed by atoms with Crippen LogP contribution in [0, 0.1) is 0 Å². The van der Waals surface area contributed by atoms with E-state index in [1.54, 1.807) is 45.6 Å². The van der Waals surface area contributed by atoms with Gasteiger partial charge in [-0.05, 0) is 48.4 Å². The molecule has 144 valence electrons. The number of carbonyl (C=O) groups excluding carboxylic acids is 1. The zero-order chi connectivity index (χ0) is 19.6. The molecule has 0 aliphatic heterocycles. The van der Waals surface area contributed by atoms with Crippen LogP contribution in [0.25, 0.3) is 6.08 Å². The summed E-state index contributed by atoms with van der Waals surface area (Å²) in [6.45, 7) is 2.77. The van der Waals surface area contributed by atoms with Gasteiger partial charge in [0, 0.05) is 5.56 Å². The minimum Gasteiger partial charge on any atom is -0.493 e. The van der Waals surface area contributed by atoms with Gasteiger partial charge in [0.25, 0.3) is 0 Å². The first kappa shape index (κ1) is 20.4. The summed E-state index contributed by atoms with van der Waals surface area (Å²) >= 11 is 0. The molecule has 2 aromatic rings. The third kappa shape index (κ3) is 5.51. The van der Waals surface area contributed by atoms with E-state index < -0.39 is 0 Å². The largest absolute Gasteiger partial charge is 0.493 e. The number of hydrogen-bond acceptors (Lipinski definition) is 5. The van der Waals surface area contributed by atoms with Crippen LogP contribution in [0.4, 0.5) is 0 Å². The van der Waals surface area contributed by atoms with Gasteiger partial charge in [0.05, 0.1) is 27.9 Å². The Morgan fingerprint density at radius 2 is 1.56 bits per heavy atom. The lowest BCUT2D eigenvalue weighted by molar-refractivity contribution is 0.104. The highest BCUT2D eigenvalue weighted by Crippen LogP contribution is 2.30. The molecule has 0 amide bonds. The van der Waals surface area contributed by atoms with Gasteiger partial charge < -0.3 is 18.9 Å². The van der Waals surface area contributed by atoms with E-state index in [2.05, 4.69) is 6.92 Å². The van der Waals surface area contributed by atoms with Crippen molar-refractivity contribution in [2.24, 2.45) is 0 Å². The topological polar surface area (TPSA) is 54.0 Å². The van der Waals surface area contributed by atoms with Crippen molar-refractivity contribution in [1.82, 2.24) is 0 Å². The molecule has 0 spiro atoms. The SMILES string of the molecule is CCCCOc1ccc(/C=C/C(=O)c2ccc(OC)c(OC)c2)cc1OC. The summed E-state index contributed by atoms with van der Waals surface area (Å²) in [5, 5.41) is 0. The summed E-state index contributed by atoms with van der Waals surface area (Å²) in [5.74, 6) is 2.33. The van der Waals surface area contributed by atoms with E-state index in [4.69, 9.17) is 18.9 Å². The zero-order valence-electron chi connectivity index (χ0n) is 16.3. The van der Waals surface area contributed by atoms with Gasteiger partial charge in [0.15, 0.2) is 28.8 Å². The third-order valence-corrected chi connectivity index (χ3v) is 4.04. The molecule has 0 radical (unpaired) electrons. The Kier molecular flexibility index (Phi) is 7.74. The predicted octanol–water partition coefficient (Wildman–Crippen LogP) is 4.79. The normalized spacial score (nSPS) is 10.7. The van der Waals surface area contributed by atoms with Crippen molar-refractivity contribution in [3.05, 3.63) is 53.6 Å². The van der Waals surface area contributed by atoms with Gasteiger partial charge in [-0.3, -0.25) is 4.79 Å². The van der Waals surface area contributed by atoms with Crippen LogP contribution < -0.4 is 18.9 Å². The summed E-state index contributed by atoms with van der Waals surface area (Å²) in [5.41, 5.74) is 1.37. The highest BCUT2D eigenvalue weighted by atomic mass is 16.5. The molecule has 2 rings (SSSR count). The van der Waals surface area contributed by atoms with E-state index in [1.807, 2.05) is 18.2 Å². The van der Waals surface area contributed by atoms with Crippen LogP contribution in [0.15, 0.2) is 42.5 Å². The number of unbranched alkanes of at least 4 members (excludes halogenated alkanes) is 1. The summed E-state index contributed by atoms with van der Waals surface area (Å²) in [4.78, 5) is 12.4. The number of ketones is 1. The van der Waals surface area contributed by atoms with Crippen LogP contribution in [0.5, 0.6) is 23.0 Å². The van der Waals surface area contributed by atoms with Gasteiger partial charge in [0.1, 0.15) is 0 Å². The first-order valence-electron chi connectivity index (χ1n) is 8.88. The highest BCUT2D eigenvalue weighted by molar-refractivity contribution is 6.07. The predicted molar refractivity (Wildman–Crippen MR) is 106 cm³/mol. The van der Waals surface area contributed by atoms with Crippen molar-refractivity contribution in [1.29, 1.82) is 0 Å². The average Bonchev–Trinajstić information content (AvgIpc) is 2.72. The Morgan fingerprint density at radius 3 is 2.22 bits per heavy atom. The van der Waals surface area contributed by atoms with Gasteiger partial charge in [-0.25, -0.2) is 0 Å². The van der Waals surface area contributed by atoms with E-state index in [-0.39, 0.29) is 5.78 Å². The maximum absolute atomic E-state index is 12.4. The number of ether oxygens (including phenoxy) is 4. The lowest BCUT2D eigenvalue weighted by Gasteiger charge is -2.11. The minimum atomic E-state index is -0.127. The number of carbonyl (C=O) groups is 1. The van der Waals surface area contributed by atoms with Crippen LogP contribution in [0.3, 0.4) is 0 Å². The number of hydrogen-bond donors (Lipinski definition) is 0. The van der Waals surface area contributed by atoms with Crippen molar-refractivity contribution in [2.75, 3.05) is 27.9 Å². The Labute approximate surface area is 160 Å². The zero-order valence-corrected chi connectivity index (χ0v) is 16.3. The Morgan fingerprint density at radius 1 is 0.889 bits per heavy atom. The third-order valence-electron chi connectivity index (χ3n) is 4.04. The molecule has 0 N–H and O–H groups in total. The van der Waals surface area contributed by atoms with Gasteiger partial charge in [-0.15, -0.1) is 0 Å². The van der Waals surface area contributed by atoms with Crippen molar-refractivity contribution in [3.63, 3.8) is 0 Å². The van der Waals surface area contributed by atoms with Crippen LogP contribution in [0.1, 0.15) is 35.7 Å². The van der Waals surface area contributed by atoms with E-state index in [0.717, 1.165) is 18.4 Å². The number of allylic oxidation sites excluding steroid dienone is 1. The van der Waals surface area contributed by atoms with Crippen LogP contribution in [0.2, 0.25) is 0 Å². The van der Waals surface area contributed by atoms with Crippen molar-refractivity contribution < 1.29 is 23.7 Å². The average molecular weight is 370 g/mol. The van der Waals surface area contributed by atoms with Crippen molar-refractivity contribution in [2.45, 2.75) is 19.8 Å². The molecule has 0 aliphatic rings. The smallest absolute Gasteiger partial charge is 0.185 e. The standard InChI is InChI=1S/C22H26O5/c1-5-6-13-27-20-11-8-16(14-21(20)25-3)7-10-18(23)17-9-12-19(24-2)22(15-17)26-4/h7-12,14-15H,5-6,13H2,1-4H3/b10-7+. The quantitative estimate of drug-likeness (QED) is 0.342. The van der Waals surface area contributed by atoms with E-state index in [0.29, 0.717) is 35.2 Å². The first-order chi connectivity index (χ1) is 13.1. The molecule has 0 bridgehead atoms. The molecular weight excluding hydrogens is 344 g/mol. The molecule has 0 unspecified atom stereocenters. The van der Waals surface area contributed by atoms with Gasteiger partial charge >= 0.3 is 0 Å². The second kappa shape index (κ2) is 10.3. The molecule has 5 nitrogen and oxygen atoms in total. The molecule has 2 aromatic carbocycles. The molecule has 0 fully saturated rings. The Hall–Kier alpha value is -2.95. The van der Waals surface area contributed by atoms with Crippen molar-refractivity contribution in [3.8, 4) is 23.0 Å². The molecule has 0 aromatic heterocycles. The van der Waals surface area contributed by atoms with Crippen LogP contribution in [-0.4, -0.2) is 33.7 Å². The summed E-state index contributed by atoms with van der Waals surface area (Å²) < 4.78 is 21.5. The second-order valence-corrected chi connectivity index (χ2v) is 5.88. The summed E-state index contributed by atoms with van der Waals surface area (Å²) in [6.07, 6.45) is 5.33. The Bertz CT molecular complexity index is 795. The van der Waals surface area contributed by atoms with E-state index in [1.165, 1.54) is 6.08 Å². The maximum atomic E-state index is 12.4. The first-order valence-corrected chi connectivity index (χ1v) is 8.88.